The van der Waals surface area contributed by atoms with Gasteiger partial charge in [-0.05, 0) is 51.3 Å². The molecule has 1 saturated carbocycles. The molecule has 0 spiro atoms. The quantitative estimate of drug-likeness (QED) is 0.494. The van der Waals surface area contributed by atoms with Crippen LogP contribution >= 0.6 is 0 Å². The van der Waals surface area contributed by atoms with Gasteiger partial charge in [0.2, 0.25) is 5.95 Å². The van der Waals surface area contributed by atoms with Gasteiger partial charge >= 0.3 is 18.0 Å². The minimum Gasteiger partial charge on any atom is -0.431 e. The summed E-state index contributed by atoms with van der Waals surface area (Å²) in [4.78, 5) is 42.7. The van der Waals surface area contributed by atoms with Crippen molar-refractivity contribution < 1.29 is 27.4 Å². The van der Waals surface area contributed by atoms with Gasteiger partial charge in [-0.15, -0.1) is 0 Å². The van der Waals surface area contributed by atoms with Crippen LogP contribution in [0.15, 0.2) is 33.9 Å². The smallest absolute Gasteiger partial charge is 0.431 e. The van der Waals surface area contributed by atoms with Crippen LogP contribution in [0.1, 0.15) is 51.2 Å². The number of imidazole rings is 1. The fourth-order valence-corrected chi connectivity index (χ4v) is 4.46. The summed E-state index contributed by atoms with van der Waals surface area (Å²) in [6, 6.07) is 4.22. The lowest BCUT2D eigenvalue weighted by Crippen LogP contribution is -2.39. The van der Waals surface area contributed by atoms with Gasteiger partial charge in [0, 0.05) is 26.6 Å². The minimum absolute atomic E-state index is 0.0932. The van der Waals surface area contributed by atoms with Gasteiger partial charge in [-0.3, -0.25) is 13.9 Å². The first-order valence-corrected chi connectivity index (χ1v) is 12.1. The predicted molar refractivity (Wildman–Crippen MR) is 133 cm³/mol. The van der Waals surface area contributed by atoms with Crippen LogP contribution in [-0.2, 0) is 36.3 Å². The third-order valence-electron chi connectivity index (χ3n) is 6.35. The van der Waals surface area contributed by atoms with Crippen molar-refractivity contribution in [3.05, 3.63) is 56.2 Å². The number of aryl methyl sites for hydroxylation is 2. The van der Waals surface area contributed by atoms with E-state index in [9.17, 15) is 27.6 Å². The normalized spacial score (nSPS) is 18.1. The molecule has 4 rings (SSSR count). The van der Waals surface area contributed by atoms with Crippen molar-refractivity contribution in [3.8, 4) is 0 Å². The Morgan fingerprint density at radius 3 is 2.34 bits per heavy atom. The Morgan fingerprint density at radius 2 is 1.74 bits per heavy atom. The number of rotatable bonds is 5. The zero-order chi connectivity index (χ0) is 28.0. The maximum absolute atomic E-state index is 13.3. The second-order valence-electron chi connectivity index (χ2n) is 10.5. The lowest BCUT2D eigenvalue weighted by Gasteiger charge is -2.21. The summed E-state index contributed by atoms with van der Waals surface area (Å²) in [7, 11) is 3.11. The Balaban J connectivity index is 1.55. The van der Waals surface area contributed by atoms with Crippen LogP contribution in [0.25, 0.3) is 11.2 Å². The van der Waals surface area contributed by atoms with E-state index in [-0.39, 0.29) is 29.9 Å². The Hall–Kier alpha value is -3.77. The summed E-state index contributed by atoms with van der Waals surface area (Å²) in [5.41, 5.74) is -2.00. The molecule has 0 amide bonds. The van der Waals surface area contributed by atoms with E-state index in [1.54, 1.807) is 32.4 Å². The number of anilines is 1. The SMILES string of the molecule is Cn1c(N[C@@H]2CC[C@H](OC(=O)OC(C)(C)C)C2)nc2c1c(=O)n(Cc1ccc(C(F)(F)F)cc1)c(=O)n2C. The van der Waals surface area contributed by atoms with E-state index in [0.29, 0.717) is 30.8 Å². The Labute approximate surface area is 216 Å². The maximum atomic E-state index is 13.3. The molecule has 1 aliphatic rings. The van der Waals surface area contributed by atoms with Crippen molar-refractivity contribution in [2.45, 2.75) is 70.5 Å². The van der Waals surface area contributed by atoms with Crippen molar-refractivity contribution in [1.82, 2.24) is 18.7 Å². The van der Waals surface area contributed by atoms with Crippen LogP contribution in [0.4, 0.5) is 23.9 Å². The molecule has 1 aromatic carbocycles. The molecule has 2 heterocycles. The van der Waals surface area contributed by atoms with Gasteiger partial charge in [-0.1, -0.05) is 12.1 Å². The number of carbonyl (C=O) groups is 1. The zero-order valence-corrected chi connectivity index (χ0v) is 21.8. The van der Waals surface area contributed by atoms with E-state index < -0.39 is 34.7 Å². The van der Waals surface area contributed by atoms with Crippen molar-refractivity contribution in [2.24, 2.45) is 14.1 Å². The number of hydrogen-bond acceptors (Lipinski definition) is 7. The second-order valence-corrected chi connectivity index (χ2v) is 10.5. The monoisotopic (exact) mass is 537 g/mol. The number of hydrogen-bond donors (Lipinski definition) is 1. The molecule has 0 saturated heterocycles. The van der Waals surface area contributed by atoms with E-state index in [4.69, 9.17) is 9.47 Å². The molecule has 1 aliphatic carbocycles. The summed E-state index contributed by atoms with van der Waals surface area (Å²) in [6.07, 6.45) is -3.71. The Kier molecular flexibility index (Phi) is 7.06. The fourth-order valence-electron chi connectivity index (χ4n) is 4.46. The van der Waals surface area contributed by atoms with E-state index in [1.165, 1.54) is 23.7 Å². The number of carbonyl (C=O) groups excluding carboxylic acids is 1. The first-order valence-electron chi connectivity index (χ1n) is 12.1. The number of aromatic nitrogens is 4. The lowest BCUT2D eigenvalue weighted by molar-refractivity contribution is -0.137. The van der Waals surface area contributed by atoms with Gasteiger partial charge in [0.1, 0.15) is 11.7 Å². The molecule has 0 radical (unpaired) electrons. The maximum Gasteiger partial charge on any atom is 0.509 e. The number of ether oxygens (including phenoxy) is 2. The molecule has 3 aromatic rings. The van der Waals surface area contributed by atoms with Crippen molar-refractivity contribution in [3.63, 3.8) is 0 Å². The molecular formula is C25H30F3N5O5. The Morgan fingerprint density at radius 1 is 1.08 bits per heavy atom. The minimum atomic E-state index is -4.48. The van der Waals surface area contributed by atoms with Crippen LogP contribution in [0.3, 0.4) is 0 Å². The van der Waals surface area contributed by atoms with Gasteiger partial charge in [0.25, 0.3) is 5.56 Å². The predicted octanol–water partition coefficient (Wildman–Crippen LogP) is 3.79. The molecule has 2 aromatic heterocycles. The zero-order valence-electron chi connectivity index (χ0n) is 21.8. The molecule has 0 bridgehead atoms. The molecule has 2 atom stereocenters. The van der Waals surface area contributed by atoms with Crippen molar-refractivity contribution in [2.75, 3.05) is 5.32 Å². The van der Waals surface area contributed by atoms with Gasteiger partial charge in [0.15, 0.2) is 11.2 Å². The number of nitrogens with one attached hydrogen (secondary N) is 1. The average Bonchev–Trinajstić information content (AvgIpc) is 3.37. The summed E-state index contributed by atoms with van der Waals surface area (Å²) in [6.45, 7) is 5.07. The van der Waals surface area contributed by atoms with E-state index in [2.05, 4.69) is 10.3 Å². The highest BCUT2D eigenvalue weighted by Crippen LogP contribution is 2.29. The Bertz CT molecular complexity index is 1460. The molecule has 206 valence electrons. The number of benzene rings is 1. The molecule has 38 heavy (non-hydrogen) atoms. The van der Waals surface area contributed by atoms with E-state index >= 15 is 0 Å². The molecule has 0 aliphatic heterocycles. The lowest BCUT2D eigenvalue weighted by atomic mass is 10.1. The van der Waals surface area contributed by atoms with Crippen LogP contribution in [-0.4, -0.2) is 42.6 Å². The highest BCUT2D eigenvalue weighted by atomic mass is 19.4. The van der Waals surface area contributed by atoms with Crippen LogP contribution in [0.2, 0.25) is 0 Å². The van der Waals surface area contributed by atoms with E-state index in [0.717, 1.165) is 16.7 Å². The number of fused-ring (bicyclic) bond motifs is 1. The molecule has 13 heteroatoms. The van der Waals surface area contributed by atoms with Gasteiger partial charge in [-0.25, -0.2) is 9.59 Å². The topological polar surface area (TPSA) is 109 Å². The first kappa shape index (κ1) is 27.3. The molecule has 10 nitrogen and oxygen atoms in total. The van der Waals surface area contributed by atoms with Crippen molar-refractivity contribution >= 4 is 23.3 Å². The van der Waals surface area contributed by atoms with Crippen LogP contribution < -0.4 is 16.6 Å². The largest absolute Gasteiger partial charge is 0.509 e. The van der Waals surface area contributed by atoms with Gasteiger partial charge in [0.05, 0.1) is 12.1 Å². The summed E-state index contributed by atoms with van der Waals surface area (Å²) in [5, 5.41) is 3.26. The van der Waals surface area contributed by atoms with Crippen molar-refractivity contribution in [1.29, 1.82) is 0 Å². The molecular weight excluding hydrogens is 507 g/mol. The van der Waals surface area contributed by atoms with Gasteiger partial charge < -0.3 is 19.4 Å². The van der Waals surface area contributed by atoms with E-state index in [1.807, 2.05) is 0 Å². The number of halogens is 3. The standard InChI is InChI=1S/C25H30F3N5O5/c1-24(2,3)38-23(36)37-17-11-10-16(12-17)29-21-30-19-18(31(21)4)20(34)33(22(35)32(19)5)13-14-6-8-15(9-7-14)25(26,27)28/h6-9,16-17H,10-13H2,1-5H3,(H,29,30)/t16-,17+/m1/s1. The third kappa shape index (κ3) is 5.70. The first-order chi connectivity index (χ1) is 17.6. The number of nitrogens with zero attached hydrogens (tertiary/aromatic N) is 4. The van der Waals surface area contributed by atoms with Crippen LogP contribution in [0, 0.1) is 0 Å². The molecule has 0 unspecified atom stereocenters. The molecule has 1 N–H and O–H groups in total. The third-order valence-corrected chi connectivity index (χ3v) is 6.35. The second kappa shape index (κ2) is 9.84. The molecule has 1 fully saturated rings. The fraction of sp³-hybridized carbons (Fsp3) is 0.520. The summed E-state index contributed by atoms with van der Waals surface area (Å²) >= 11 is 0. The highest BCUT2D eigenvalue weighted by molar-refractivity contribution is 5.74. The van der Waals surface area contributed by atoms with Gasteiger partial charge in [-0.2, -0.15) is 18.2 Å². The summed E-state index contributed by atoms with van der Waals surface area (Å²) < 4.78 is 53.0. The summed E-state index contributed by atoms with van der Waals surface area (Å²) in [5.74, 6) is 0.363. The van der Waals surface area contributed by atoms with Crippen LogP contribution in [0.5, 0.6) is 0 Å². The highest BCUT2D eigenvalue weighted by Gasteiger charge is 2.31. The average molecular weight is 538 g/mol. The number of alkyl halides is 3.